The molecule has 2 heterocycles. The third-order valence-electron chi connectivity index (χ3n) is 5.43. The molecule has 1 fully saturated rings. The highest BCUT2D eigenvalue weighted by molar-refractivity contribution is 6.02. The standard InChI is InChI=1S/C21H22O11/c22-7-16-18(27)19(28)20(29)21(32-16)31-15-5-9(23)4-14-17(15)12(26)6-13(30-14)8-1-2-10(24)11(25)3-8/h1-5,13,16,18-25,27-29H,6-7H2/t13-,16-,18-,19+,20-,21-/m1/s1. The summed E-state index contributed by atoms with van der Waals surface area (Å²) in [7, 11) is 0. The molecule has 0 aromatic heterocycles. The lowest BCUT2D eigenvalue weighted by atomic mass is 9.95. The van der Waals surface area contributed by atoms with E-state index in [0.717, 1.165) is 6.07 Å². The van der Waals surface area contributed by atoms with Gasteiger partial charge >= 0.3 is 0 Å². The molecule has 0 saturated carbocycles. The van der Waals surface area contributed by atoms with Gasteiger partial charge < -0.3 is 50.0 Å². The van der Waals surface area contributed by atoms with E-state index in [1.165, 1.54) is 24.3 Å². The lowest BCUT2D eigenvalue weighted by Gasteiger charge is -2.40. The largest absolute Gasteiger partial charge is 0.508 e. The number of phenols is 3. The van der Waals surface area contributed by atoms with Crippen LogP contribution in [0.3, 0.4) is 0 Å². The number of aliphatic hydroxyl groups is 4. The Bertz CT molecular complexity index is 1020. The fraction of sp³-hybridized carbons (Fsp3) is 0.381. The van der Waals surface area contributed by atoms with E-state index < -0.39 is 49.2 Å². The molecule has 11 nitrogen and oxygen atoms in total. The number of fused-ring (bicyclic) bond motifs is 1. The average molecular weight is 450 g/mol. The van der Waals surface area contributed by atoms with Gasteiger partial charge in [0.25, 0.3) is 0 Å². The summed E-state index contributed by atoms with van der Waals surface area (Å²) in [5, 5.41) is 68.7. The number of aliphatic hydroxyl groups excluding tert-OH is 4. The topological polar surface area (TPSA) is 186 Å². The van der Waals surface area contributed by atoms with Gasteiger partial charge in [-0.2, -0.15) is 0 Å². The zero-order valence-corrected chi connectivity index (χ0v) is 16.5. The number of phenolic OH excluding ortho intramolecular Hbond substituents is 3. The SMILES string of the molecule is O=C1C[C@H](c2ccc(O)c(O)c2)Oc2cc(O)cc(O[C@@H]3O[C@H](CO)[C@@H](O)[C@H](O)[C@H]3O)c21. The van der Waals surface area contributed by atoms with Crippen molar-refractivity contribution in [3.63, 3.8) is 0 Å². The maximum absolute atomic E-state index is 12.9. The summed E-state index contributed by atoms with van der Waals surface area (Å²) >= 11 is 0. The van der Waals surface area contributed by atoms with Crippen LogP contribution in [0.1, 0.15) is 28.4 Å². The van der Waals surface area contributed by atoms with Gasteiger partial charge in [0.05, 0.1) is 13.0 Å². The van der Waals surface area contributed by atoms with Gasteiger partial charge in [-0.05, 0) is 17.7 Å². The van der Waals surface area contributed by atoms with E-state index in [1.54, 1.807) is 0 Å². The molecule has 6 atom stereocenters. The number of rotatable bonds is 4. The van der Waals surface area contributed by atoms with E-state index in [2.05, 4.69) is 0 Å². The number of hydrogen-bond donors (Lipinski definition) is 7. The highest BCUT2D eigenvalue weighted by atomic mass is 16.7. The van der Waals surface area contributed by atoms with Crippen molar-refractivity contribution in [1.82, 2.24) is 0 Å². The molecule has 11 heteroatoms. The van der Waals surface area contributed by atoms with Crippen LogP contribution in [0.5, 0.6) is 28.7 Å². The highest BCUT2D eigenvalue weighted by Crippen LogP contribution is 2.43. The zero-order chi connectivity index (χ0) is 23.2. The summed E-state index contributed by atoms with van der Waals surface area (Å²) in [6, 6.07) is 6.29. The van der Waals surface area contributed by atoms with E-state index in [0.29, 0.717) is 5.56 Å². The smallest absolute Gasteiger partial charge is 0.229 e. The molecule has 0 aliphatic carbocycles. The first-order chi connectivity index (χ1) is 15.2. The van der Waals surface area contributed by atoms with E-state index in [9.17, 15) is 40.5 Å². The van der Waals surface area contributed by atoms with Gasteiger partial charge in [-0.1, -0.05) is 6.07 Å². The molecule has 0 amide bonds. The van der Waals surface area contributed by atoms with Crippen molar-refractivity contribution < 1.29 is 54.8 Å². The normalized spacial score (nSPS) is 29.8. The molecule has 0 bridgehead atoms. The summed E-state index contributed by atoms with van der Waals surface area (Å²) in [4.78, 5) is 12.9. The van der Waals surface area contributed by atoms with E-state index >= 15 is 0 Å². The molecule has 1 saturated heterocycles. The number of aromatic hydroxyl groups is 3. The number of carbonyl (C=O) groups is 1. The molecule has 7 N–H and O–H groups in total. The number of carbonyl (C=O) groups excluding carboxylic acids is 1. The second kappa shape index (κ2) is 8.45. The predicted molar refractivity (Wildman–Crippen MR) is 105 cm³/mol. The number of ether oxygens (including phenoxy) is 3. The fourth-order valence-corrected chi connectivity index (χ4v) is 3.72. The zero-order valence-electron chi connectivity index (χ0n) is 16.5. The van der Waals surface area contributed by atoms with Gasteiger partial charge in [0.1, 0.15) is 53.3 Å². The fourth-order valence-electron chi connectivity index (χ4n) is 3.72. The van der Waals surface area contributed by atoms with Gasteiger partial charge in [-0.3, -0.25) is 4.79 Å². The first kappa shape index (κ1) is 22.1. The number of hydrogen-bond acceptors (Lipinski definition) is 11. The quantitative estimate of drug-likeness (QED) is 0.303. The first-order valence-electron chi connectivity index (χ1n) is 9.75. The van der Waals surface area contributed by atoms with Crippen LogP contribution >= 0.6 is 0 Å². The van der Waals surface area contributed by atoms with Gasteiger partial charge in [-0.15, -0.1) is 0 Å². The van der Waals surface area contributed by atoms with E-state index in [1.807, 2.05) is 0 Å². The minimum Gasteiger partial charge on any atom is -0.508 e. The molecule has 32 heavy (non-hydrogen) atoms. The Kier molecular flexibility index (Phi) is 5.84. The maximum atomic E-state index is 12.9. The molecule has 0 radical (unpaired) electrons. The Hall–Kier alpha value is -3.09. The van der Waals surface area contributed by atoms with Gasteiger partial charge in [0.2, 0.25) is 6.29 Å². The molecule has 2 aromatic carbocycles. The summed E-state index contributed by atoms with van der Waals surface area (Å²) < 4.78 is 16.7. The van der Waals surface area contributed by atoms with Crippen LogP contribution in [0.2, 0.25) is 0 Å². The molecule has 4 rings (SSSR count). The Balaban J connectivity index is 1.64. The van der Waals surface area contributed by atoms with Crippen LogP contribution in [0, 0.1) is 0 Å². The van der Waals surface area contributed by atoms with Gasteiger partial charge in [0, 0.05) is 12.1 Å². The summed E-state index contributed by atoms with van der Waals surface area (Å²) in [5.41, 5.74) is 0.373. The molecule has 2 aliphatic heterocycles. The van der Waals surface area contributed by atoms with Crippen molar-refractivity contribution in [3.05, 3.63) is 41.5 Å². The van der Waals surface area contributed by atoms with Crippen LogP contribution in [0.25, 0.3) is 0 Å². The van der Waals surface area contributed by atoms with Crippen LogP contribution in [0.15, 0.2) is 30.3 Å². The minimum atomic E-state index is -1.71. The lowest BCUT2D eigenvalue weighted by molar-refractivity contribution is -0.277. The van der Waals surface area contributed by atoms with Crippen molar-refractivity contribution >= 4 is 5.78 Å². The average Bonchev–Trinajstić information content (AvgIpc) is 2.75. The lowest BCUT2D eigenvalue weighted by Crippen LogP contribution is -2.60. The molecular weight excluding hydrogens is 428 g/mol. The monoisotopic (exact) mass is 450 g/mol. The predicted octanol–water partition coefficient (Wildman–Crippen LogP) is -0.311. The van der Waals surface area contributed by atoms with Crippen molar-refractivity contribution in [1.29, 1.82) is 0 Å². The Morgan fingerprint density at radius 3 is 2.41 bits per heavy atom. The number of ketones is 1. The first-order valence-corrected chi connectivity index (χ1v) is 9.75. The van der Waals surface area contributed by atoms with Gasteiger partial charge in [-0.25, -0.2) is 0 Å². The molecule has 2 aromatic rings. The van der Waals surface area contributed by atoms with E-state index in [-0.39, 0.29) is 40.7 Å². The summed E-state index contributed by atoms with van der Waals surface area (Å²) in [6.45, 7) is -0.661. The van der Waals surface area contributed by atoms with Crippen molar-refractivity contribution in [2.24, 2.45) is 0 Å². The molecule has 0 unspecified atom stereocenters. The molecule has 2 aliphatic rings. The second-order valence-electron chi connectivity index (χ2n) is 7.61. The molecule has 172 valence electrons. The summed E-state index contributed by atoms with van der Waals surface area (Å²) in [5.74, 6) is -1.70. The van der Waals surface area contributed by atoms with Crippen molar-refractivity contribution in [3.8, 4) is 28.7 Å². The number of benzene rings is 2. The van der Waals surface area contributed by atoms with Crippen LogP contribution in [0.4, 0.5) is 0 Å². The van der Waals surface area contributed by atoms with Crippen LogP contribution in [-0.2, 0) is 4.74 Å². The van der Waals surface area contributed by atoms with Crippen LogP contribution < -0.4 is 9.47 Å². The number of Topliss-reactive ketones (excluding diaryl/α,β-unsaturated/α-hetero) is 1. The summed E-state index contributed by atoms with van der Waals surface area (Å²) in [6.07, 6.45) is -8.73. The highest BCUT2D eigenvalue weighted by Gasteiger charge is 2.45. The van der Waals surface area contributed by atoms with Crippen molar-refractivity contribution in [2.45, 2.75) is 43.2 Å². The Labute approximate surface area is 181 Å². The van der Waals surface area contributed by atoms with Crippen molar-refractivity contribution in [2.75, 3.05) is 6.61 Å². The molecular formula is C21H22O11. The second-order valence-corrected chi connectivity index (χ2v) is 7.61. The van der Waals surface area contributed by atoms with Crippen LogP contribution in [-0.4, -0.2) is 78.8 Å². The van der Waals surface area contributed by atoms with E-state index in [4.69, 9.17) is 14.2 Å². The Morgan fingerprint density at radius 2 is 1.72 bits per heavy atom. The molecule has 0 spiro atoms. The van der Waals surface area contributed by atoms with Gasteiger partial charge in [0.15, 0.2) is 17.3 Å². The maximum Gasteiger partial charge on any atom is 0.229 e. The minimum absolute atomic E-state index is 0.0293. The third kappa shape index (κ3) is 3.92. The Morgan fingerprint density at radius 1 is 0.969 bits per heavy atom. The third-order valence-corrected chi connectivity index (χ3v) is 5.43.